The van der Waals surface area contributed by atoms with Gasteiger partial charge in [-0.3, -0.25) is 10.1 Å². The average Bonchev–Trinajstić information content (AvgIpc) is 2.46. The van der Waals surface area contributed by atoms with Gasteiger partial charge in [-0.25, -0.2) is 4.39 Å². The van der Waals surface area contributed by atoms with Crippen LogP contribution in [0.15, 0.2) is 42.5 Å². The van der Waals surface area contributed by atoms with Crippen molar-refractivity contribution in [2.75, 3.05) is 6.54 Å². The molecule has 0 bridgehead atoms. The van der Waals surface area contributed by atoms with Crippen molar-refractivity contribution in [1.29, 1.82) is 0 Å². The second-order valence-corrected chi connectivity index (χ2v) is 4.40. The monoisotopic (exact) mass is 290 g/mol. The maximum Gasteiger partial charge on any atom is 0.311 e. The van der Waals surface area contributed by atoms with Gasteiger partial charge in [-0.05, 0) is 30.3 Å². The molecular weight excluding hydrogens is 275 g/mol. The molecule has 5 nitrogen and oxygen atoms in total. The number of hydrogen-bond donors (Lipinski definition) is 1. The maximum absolute atomic E-state index is 13.2. The molecular formula is C15H15FN2O3. The number of nitrogens with zero attached hydrogens (tertiary/aromatic N) is 1. The SMILES string of the molecule is CCNCc1ccc(Oc2cc(F)ccc2[N+](=O)[O-])cc1. The highest BCUT2D eigenvalue weighted by Gasteiger charge is 2.16. The number of nitrogens with one attached hydrogen (secondary N) is 1. The zero-order valence-electron chi connectivity index (χ0n) is 11.5. The molecule has 2 aromatic carbocycles. The van der Waals surface area contributed by atoms with E-state index in [9.17, 15) is 14.5 Å². The summed E-state index contributed by atoms with van der Waals surface area (Å²) in [7, 11) is 0. The fourth-order valence-corrected chi connectivity index (χ4v) is 1.79. The molecule has 0 aliphatic rings. The third-order valence-corrected chi connectivity index (χ3v) is 2.85. The van der Waals surface area contributed by atoms with Crippen LogP contribution in [0.1, 0.15) is 12.5 Å². The minimum atomic E-state index is -0.603. The molecule has 0 amide bonds. The molecule has 6 heteroatoms. The van der Waals surface area contributed by atoms with Gasteiger partial charge in [-0.2, -0.15) is 0 Å². The van der Waals surface area contributed by atoms with Gasteiger partial charge in [0.15, 0.2) is 0 Å². The number of halogens is 1. The summed E-state index contributed by atoms with van der Waals surface area (Å²) < 4.78 is 18.6. The number of nitro benzene ring substituents is 1. The molecule has 110 valence electrons. The number of benzene rings is 2. The van der Waals surface area contributed by atoms with E-state index in [-0.39, 0.29) is 11.4 Å². The summed E-state index contributed by atoms with van der Waals surface area (Å²) in [5.41, 5.74) is 0.797. The summed E-state index contributed by atoms with van der Waals surface area (Å²) in [6.45, 7) is 3.62. The van der Waals surface area contributed by atoms with Crippen molar-refractivity contribution < 1.29 is 14.1 Å². The van der Waals surface area contributed by atoms with Crippen molar-refractivity contribution >= 4 is 5.69 Å². The summed E-state index contributed by atoms with van der Waals surface area (Å²) in [6.07, 6.45) is 0. The number of ether oxygens (including phenoxy) is 1. The third-order valence-electron chi connectivity index (χ3n) is 2.85. The van der Waals surface area contributed by atoms with Gasteiger partial charge in [0.25, 0.3) is 0 Å². The molecule has 0 saturated heterocycles. The molecule has 0 fully saturated rings. The molecule has 0 atom stereocenters. The van der Waals surface area contributed by atoms with Crippen molar-refractivity contribution in [3.63, 3.8) is 0 Å². The highest BCUT2D eigenvalue weighted by Crippen LogP contribution is 2.31. The maximum atomic E-state index is 13.2. The summed E-state index contributed by atoms with van der Waals surface area (Å²) in [5, 5.41) is 14.1. The van der Waals surface area contributed by atoms with E-state index in [0.29, 0.717) is 5.75 Å². The predicted molar refractivity (Wildman–Crippen MR) is 77.0 cm³/mol. The van der Waals surface area contributed by atoms with Crippen LogP contribution < -0.4 is 10.1 Å². The molecule has 21 heavy (non-hydrogen) atoms. The molecule has 0 spiro atoms. The van der Waals surface area contributed by atoms with Gasteiger partial charge >= 0.3 is 5.69 Å². The Morgan fingerprint density at radius 2 is 1.95 bits per heavy atom. The Hall–Kier alpha value is -2.47. The Kier molecular flexibility index (Phi) is 4.84. The summed E-state index contributed by atoms with van der Waals surface area (Å²) in [4.78, 5) is 10.3. The number of nitro groups is 1. The molecule has 2 rings (SSSR count). The van der Waals surface area contributed by atoms with E-state index in [2.05, 4.69) is 5.32 Å². The van der Waals surface area contributed by atoms with Crippen molar-refractivity contribution in [3.8, 4) is 11.5 Å². The predicted octanol–water partition coefficient (Wildman–Crippen LogP) is 3.64. The van der Waals surface area contributed by atoms with Crippen molar-refractivity contribution in [2.24, 2.45) is 0 Å². The van der Waals surface area contributed by atoms with E-state index in [1.807, 2.05) is 19.1 Å². The van der Waals surface area contributed by atoms with Crippen molar-refractivity contribution in [2.45, 2.75) is 13.5 Å². The largest absolute Gasteiger partial charge is 0.450 e. The van der Waals surface area contributed by atoms with Crippen LogP contribution in [0.2, 0.25) is 0 Å². The molecule has 0 heterocycles. The van der Waals surface area contributed by atoms with Crippen molar-refractivity contribution in [1.82, 2.24) is 5.32 Å². The Morgan fingerprint density at radius 1 is 1.24 bits per heavy atom. The standard InChI is InChI=1S/C15H15FN2O3/c1-2-17-10-11-3-6-13(7-4-11)21-15-9-12(16)5-8-14(15)18(19)20/h3-9,17H,2,10H2,1H3. The van der Waals surface area contributed by atoms with Gasteiger partial charge in [0.2, 0.25) is 5.75 Å². The van der Waals surface area contributed by atoms with Gasteiger partial charge in [0, 0.05) is 18.7 Å². The van der Waals surface area contributed by atoms with Crippen molar-refractivity contribution in [3.05, 3.63) is 64.0 Å². The van der Waals surface area contributed by atoms with Crippen LogP contribution in [0.25, 0.3) is 0 Å². The Morgan fingerprint density at radius 3 is 2.57 bits per heavy atom. The first kappa shape index (κ1) is 14.9. The van der Waals surface area contributed by atoms with Crippen LogP contribution in [0.4, 0.5) is 10.1 Å². The summed E-state index contributed by atoms with van der Waals surface area (Å²) in [5.74, 6) is -0.275. The lowest BCUT2D eigenvalue weighted by molar-refractivity contribution is -0.385. The average molecular weight is 290 g/mol. The van der Waals surface area contributed by atoms with E-state index in [1.165, 1.54) is 0 Å². The molecule has 0 radical (unpaired) electrons. The van der Waals surface area contributed by atoms with E-state index in [1.54, 1.807) is 12.1 Å². The van der Waals surface area contributed by atoms with E-state index in [0.717, 1.165) is 36.9 Å². The van der Waals surface area contributed by atoms with Gasteiger partial charge in [-0.15, -0.1) is 0 Å². The fraction of sp³-hybridized carbons (Fsp3) is 0.200. The van der Waals surface area contributed by atoms with E-state index >= 15 is 0 Å². The molecule has 2 aromatic rings. The van der Waals surface area contributed by atoms with Gasteiger partial charge in [-0.1, -0.05) is 19.1 Å². The van der Waals surface area contributed by atoms with Gasteiger partial charge in [0.1, 0.15) is 11.6 Å². The van der Waals surface area contributed by atoms with Crippen LogP contribution >= 0.6 is 0 Å². The molecule has 0 saturated carbocycles. The number of rotatable bonds is 6. The van der Waals surface area contributed by atoms with Crippen LogP contribution in [0.5, 0.6) is 11.5 Å². The first-order chi connectivity index (χ1) is 10.1. The van der Waals surface area contributed by atoms with Crippen LogP contribution in [0, 0.1) is 15.9 Å². The van der Waals surface area contributed by atoms with Gasteiger partial charge in [0.05, 0.1) is 4.92 Å². The second kappa shape index (κ2) is 6.81. The van der Waals surface area contributed by atoms with Gasteiger partial charge < -0.3 is 10.1 Å². The van der Waals surface area contributed by atoms with E-state index < -0.39 is 10.7 Å². The molecule has 0 aliphatic carbocycles. The zero-order chi connectivity index (χ0) is 15.2. The Labute approximate surface area is 121 Å². The molecule has 0 unspecified atom stereocenters. The van der Waals surface area contributed by atoms with Crippen LogP contribution in [0.3, 0.4) is 0 Å². The lowest BCUT2D eigenvalue weighted by atomic mass is 10.2. The highest BCUT2D eigenvalue weighted by molar-refractivity contribution is 5.48. The Bertz CT molecular complexity index is 629. The third kappa shape index (κ3) is 4.00. The van der Waals surface area contributed by atoms with Crippen LogP contribution in [-0.2, 0) is 6.54 Å². The summed E-state index contributed by atoms with van der Waals surface area (Å²) in [6, 6.07) is 10.2. The second-order valence-electron chi connectivity index (χ2n) is 4.40. The Balaban J connectivity index is 2.18. The first-order valence-corrected chi connectivity index (χ1v) is 6.51. The molecule has 0 aliphatic heterocycles. The minimum absolute atomic E-state index is 0.112. The highest BCUT2D eigenvalue weighted by atomic mass is 19.1. The smallest absolute Gasteiger partial charge is 0.311 e. The van der Waals surface area contributed by atoms with E-state index in [4.69, 9.17) is 4.74 Å². The summed E-state index contributed by atoms with van der Waals surface area (Å²) >= 11 is 0. The molecule has 1 N–H and O–H groups in total. The lowest BCUT2D eigenvalue weighted by Crippen LogP contribution is -2.11. The fourth-order valence-electron chi connectivity index (χ4n) is 1.79. The number of hydrogen-bond acceptors (Lipinski definition) is 4. The molecule has 0 aromatic heterocycles. The first-order valence-electron chi connectivity index (χ1n) is 6.51. The topological polar surface area (TPSA) is 64.4 Å². The van der Waals surface area contributed by atoms with Crippen LogP contribution in [-0.4, -0.2) is 11.5 Å². The lowest BCUT2D eigenvalue weighted by Gasteiger charge is -2.08. The quantitative estimate of drug-likeness (QED) is 0.651. The zero-order valence-corrected chi connectivity index (χ0v) is 11.5. The minimum Gasteiger partial charge on any atom is -0.450 e. The normalized spacial score (nSPS) is 10.4.